The van der Waals surface area contributed by atoms with E-state index in [2.05, 4.69) is 17.0 Å². The predicted molar refractivity (Wildman–Crippen MR) is 109 cm³/mol. The summed E-state index contributed by atoms with van der Waals surface area (Å²) in [7, 11) is -3.78. The molecule has 1 aliphatic carbocycles. The molecule has 0 aromatic heterocycles. The van der Waals surface area contributed by atoms with E-state index in [4.69, 9.17) is 0 Å². The van der Waals surface area contributed by atoms with Crippen molar-refractivity contribution in [2.24, 2.45) is 11.8 Å². The third-order valence-corrected chi connectivity index (χ3v) is 7.18. The van der Waals surface area contributed by atoms with Crippen molar-refractivity contribution in [3.8, 4) is 0 Å². The van der Waals surface area contributed by atoms with Crippen LogP contribution < -0.4 is 10.0 Å². The summed E-state index contributed by atoms with van der Waals surface area (Å²) in [6, 6.07) is 3.63. The van der Waals surface area contributed by atoms with Crippen LogP contribution in [0.2, 0.25) is 0 Å². The van der Waals surface area contributed by atoms with Crippen LogP contribution in [-0.4, -0.2) is 28.1 Å². The molecule has 0 heterocycles. The number of hydrogen-bond donors (Lipinski definition) is 2. The highest BCUT2D eigenvalue weighted by Gasteiger charge is 2.30. The number of halogens is 3. The maximum absolute atomic E-state index is 12.6. The second-order valence-corrected chi connectivity index (χ2v) is 9.73. The monoisotopic (exact) mass is 434 g/mol. The number of benzene rings is 1. The summed E-state index contributed by atoms with van der Waals surface area (Å²) < 4.78 is 65.1. The quantitative estimate of drug-likeness (QED) is 0.484. The van der Waals surface area contributed by atoms with Gasteiger partial charge in [-0.2, -0.15) is 13.2 Å². The van der Waals surface area contributed by atoms with Gasteiger partial charge in [-0.15, -0.1) is 0 Å². The van der Waals surface area contributed by atoms with Gasteiger partial charge in [0.15, 0.2) is 0 Å². The molecule has 4 nitrogen and oxygen atoms in total. The molecule has 1 aliphatic rings. The molecule has 0 atom stereocenters. The van der Waals surface area contributed by atoms with Crippen molar-refractivity contribution in [3.63, 3.8) is 0 Å². The molecule has 0 radical (unpaired) electrons. The topological polar surface area (TPSA) is 58.2 Å². The number of hydrogen-bond acceptors (Lipinski definition) is 3. The van der Waals surface area contributed by atoms with Crippen molar-refractivity contribution < 1.29 is 21.6 Å². The number of unbranched alkanes of at least 4 members (excludes halogenated alkanes) is 2. The first kappa shape index (κ1) is 24.2. The maximum atomic E-state index is 12.6. The minimum atomic E-state index is -4.47. The molecule has 0 amide bonds. The molecule has 0 bridgehead atoms. The summed E-state index contributed by atoms with van der Waals surface area (Å²) in [6.07, 6.45) is 4.74. The van der Waals surface area contributed by atoms with Gasteiger partial charge in [0.1, 0.15) is 0 Å². The van der Waals surface area contributed by atoms with E-state index in [0.29, 0.717) is 12.5 Å². The molecule has 1 fully saturated rings. The van der Waals surface area contributed by atoms with Crippen molar-refractivity contribution in [1.29, 1.82) is 0 Å². The van der Waals surface area contributed by atoms with E-state index in [9.17, 15) is 21.6 Å². The molecule has 1 aromatic rings. The Hall–Kier alpha value is -1.12. The first-order chi connectivity index (χ1) is 13.7. The minimum absolute atomic E-state index is 0.128. The lowest BCUT2D eigenvalue weighted by Crippen LogP contribution is -2.31. The van der Waals surface area contributed by atoms with E-state index in [-0.39, 0.29) is 4.90 Å². The average molecular weight is 435 g/mol. The molecule has 1 saturated carbocycles. The molecule has 0 spiro atoms. The van der Waals surface area contributed by atoms with Gasteiger partial charge in [-0.1, -0.05) is 39.0 Å². The van der Waals surface area contributed by atoms with Gasteiger partial charge in [0.2, 0.25) is 10.0 Å². The lowest BCUT2D eigenvalue weighted by atomic mass is 9.80. The third kappa shape index (κ3) is 8.26. The number of nitrogens with one attached hydrogen (secondary N) is 2. The maximum Gasteiger partial charge on any atom is 0.416 e. The lowest BCUT2D eigenvalue weighted by Gasteiger charge is -2.28. The Balaban J connectivity index is 1.70. The van der Waals surface area contributed by atoms with Crippen LogP contribution in [0.15, 0.2) is 29.2 Å². The summed E-state index contributed by atoms with van der Waals surface area (Å²) >= 11 is 0. The number of sulfonamides is 1. The second-order valence-electron chi connectivity index (χ2n) is 7.96. The van der Waals surface area contributed by atoms with Gasteiger partial charge >= 0.3 is 6.18 Å². The first-order valence-electron chi connectivity index (χ1n) is 10.6. The summed E-state index contributed by atoms with van der Waals surface area (Å²) in [5.41, 5.74) is -0.851. The summed E-state index contributed by atoms with van der Waals surface area (Å²) in [4.78, 5) is -0.128. The Morgan fingerprint density at radius 1 is 0.966 bits per heavy atom. The molecule has 0 saturated heterocycles. The van der Waals surface area contributed by atoms with Crippen molar-refractivity contribution in [3.05, 3.63) is 29.8 Å². The highest BCUT2D eigenvalue weighted by atomic mass is 32.2. The Labute approximate surface area is 172 Å². The molecule has 166 valence electrons. The van der Waals surface area contributed by atoms with Crippen molar-refractivity contribution in [2.75, 3.05) is 19.6 Å². The van der Waals surface area contributed by atoms with Gasteiger partial charge < -0.3 is 5.32 Å². The first-order valence-corrected chi connectivity index (χ1v) is 12.1. The molecular formula is C21H33F3N2O2S. The Kier molecular flexibility index (Phi) is 9.43. The summed E-state index contributed by atoms with van der Waals surface area (Å²) in [5, 5.41) is 3.33. The van der Waals surface area contributed by atoms with E-state index < -0.39 is 21.8 Å². The fourth-order valence-electron chi connectivity index (χ4n) is 3.89. The summed E-state index contributed by atoms with van der Waals surface area (Å²) in [6.45, 7) is 4.57. The third-order valence-electron chi connectivity index (χ3n) is 5.74. The highest BCUT2D eigenvalue weighted by Crippen LogP contribution is 2.32. The molecule has 2 N–H and O–H groups in total. The largest absolute Gasteiger partial charge is 0.416 e. The molecule has 0 unspecified atom stereocenters. The molecular weight excluding hydrogens is 401 g/mol. The van der Waals surface area contributed by atoms with Crippen LogP contribution in [0.3, 0.4) is 0 Å². The molecule has 29 heavy (non-hydrogen) atoms. The van der Waals surface area contributed by atoms with E-state index >= 15 is 0 Å². The van der Waals surface area contributed by atoms with Crippen LogP contribution in [0, 0.1) is 11.8 Å². The van der Waals surface area contributed by atoms with Crippen molar-refractivity contribution >= 4 is 10.0 Å². The van der Waals surface area contributed by atoms with E-state index in [0.717, 1.165) is 69.0 Å². The molecule has 2 rings (SSSR count). The Morgan fingerprint density at radius 2 is 1.59 bits per heavy atom. The van der Waals surface area contributed by atoms with Gasteiger partial charge in [-0.25, -0.2) is 13.1 Å². The van der Waals surface area contributed by atoms with Crippen LogP contribution in [0.4, 0.5) is 13.2 Å². The predicted octanol–water partition coefficient (Wildman–Crippen LogP) is 4.96. The van der Waals surface area contributed by atoms with E-state index in [1.54, 1.807) is 0 Å². The normalized spacial score (nSPS) is 20.7. The molecule has 0 aliphatic heterocycles. The molecule has 1 aromatic carbocycles. The number of alkyl halides is 3. The smallest absolute Gasteiger partial charge is 0.317 e. The van der Waals surface area contributed by atoms with Gasteiger partial charge in [-0.05, 0) is 68.5 Å². The van der Waals surface area contributed by atoms with Crippen molar-refractivity contribution in [2.45, 2.75) is 69.4 Å². The van der Waals surface area contributed by atoms with Gasteiger partial charge in [0.05, 0.1) is 10.5 Å². The van der Waals surface area contributed by atoms with Crippen LogP contribution >= 0.6 is 0 Å². The Bertz CT molecular complexity index is 698. The zero-order valence-electron chi connectivity index (χ0n) is 17.1. The van der Waals surface area contributed by atoms with Gasteiger partial charge in [0, 0.05) is 6.54 Å². The Morgan fingerprint density at radius 3 is 2.17 bits per heavy atom. The zero-order valence-corrected chi connectivity index (χ0v) is 17.9. The second kappa shape index (κ2) is 11.3. The van der Waals surface area contributed by atoms with E-state index in [1.807, 2.05) is 0 Å². The average Bonchev–Trinajstić information content (AvgIpc) is 2.69. The minimum Gasteiger partial charge on any atom is -0.317 e. The fourth-order valence-corrected chi connectivity index (χ4v) is 5.01. The van der Waals surface area contributed by atoms with E-state index in [1.165, 1.54) is 25.7 Å². The van der Waals surface area contributed by atoms with Crippen LogP contribution in [0.25, 0.3) is 0 Å². The SMILES string of the molecule is CCNCCCCCC1CCC(CNS(=O)(=O)c2ccc(C(F)(F)F)cc2)CC1. The standard InChI is InChI=1S/C21H33F3N2O2S/c1-2-25-15-5-3-4-6-17-7-9-18(10-8-17)16-26-29(27,28)20-13-11-19(12-14-20)21(22,23)24/h11-14,17-18,25-26H,2-10,15-16H2,1H3. The highest BCUT2D eigenvalue weighted by molar-refractivity contribution is 7.89. The van der Waals surface area contributed by atoms with Crippen LogP contribution in [-0.2, 0) is 16.2 Å². The van der Waals surface area contributed by atoms with Crippen molar-refractivity contribution in [1.82, 2.24) is 10.0 Å². The van der Waals surface area contributed by atoms with Crippen LogP contribution in [0.5, 0.6) is 0 Å². The lowest BCUT2D eigenvalue weighted by molar-refractivity contribution is -0.137. The molecule has 8 heteroatoms. The van der Waals surface area contributed by atoms with Gasteiger partial charge in [0.25, 0.3) is 0 Å². The summed E-state index contributed by atoms with van der Waals surface area (Å²) in [5.74, 6) is 1.03. The van der Waals surface area contributed by atoms with Gasteiger partial charge in [-0.3, -0.25) is 0 Å². The zero-order chi connectivity index (χ0) is 21.3. The fraction of sp³-hybridized carbons (Fsp3) is 0.714. The number of rotatable bonds is 11. The van der Waals surface area contributed by atoms with Crippen LogP contribution in [0.1, 0.15) is 63.9 Å².